The Morgan fingerprint density at radius 3 is 2.55 bits per heavy atom. The van der Waals surface area contributed by atoms with E-state index in [1.54, 1.807) is 12.2 Å². The summed E-state index contributed by atoms with van der Waals surface area (Å²) in [6.45, 7) is 11.8. The van der Waals surface area contributed by atoms with Gasteiger partial charge in [-0.25, -0.2) is 4.79 Å². The molecule has 0 atom stereocenters. The number of carbonyl (C=O) groups excluding carboxylic acids is 1. The van der Waals surface area contributed by atoms with Gasteiger partial charge in [0.1, 0.15) is 11.6 Å². The van der Waals surface area contributed by atoms with Crippen molar-refractivity contribution >= 4 is 20.1 Å². The van der Waals surface area contributed by atoms with Gasteiger partial charge in [-0.1, -0.05) is 68.2 Å². The summed E-state index contributed by atoms with van der Waals surface area (Å²) in [6, 6.07) is 12.0. The molecule has 0 bridgehead atoms. The molecule has 0 radical (unpaired) electrons. The first kappa shape index (κ1) is 17.7. The molecule has 0 aliphatic carbocycles. The second-order valence-corrected chi connectivity index (χ2v) is 10.8. The van der Waals surface area contributed by atoms with E-state index in [4.69, 9.17) is 10.00 Å². The number of hydrogen-bond donors (Lipinski definition) is 0. The third kappa shape index (κ3) is 5.94. The summed E-state index contributed by atoms with van der Waals surface area (Å²) >= 11 is 0. The molecule has 1 rings (SSSR count). The zero-order valence-electron chi connectivity index (χ0n) is 13.1. The van der Waals surface area contributed by atoms with Crippen LogP contribution in [0.2, 0.25) is 19.1 Å². The van der Waals surface area contributed by atoms with Crippen molar-refractivity contribution < 1.29 is 9.53 Å². The standard InChI is InChI=1S/C18H21NO2Si/c1-5-15(2)13-22(3,4)14-21-18(20)17(12-19)11-16-9-7-6-8-10-16/h5-11H,1-2,13-14H2,3-4H3/b17-11+. The van der Waals surface area contributed by atoms with Gasteiger partial charge in [0.25, 0.3) is 0 Å². The first-order valence-electron chi connectivity index (χ1n) is 7.02. The normalized spacial score (nSPS) is 11.4. The van der Waals surface area contributed by atoms with E-state index < -0.39 is 14.0 Å². The molecule has 0 amide bonds. The van der Waals surface area contributed by atoms with Crippen molar-refractivity contribution in [1.82, 2.24) is 0 Å². The molecule has 4 heteroatoms. The Morgan fingerprint density at radius 1 is 1.36 bits per heavy atom. The molecular weight excluding hydrogens is 290 g/mol. The van der Waals surface area contributed by atoms with Gasteiger partial charge < -0.3 is 4.74 Å². The number of allylic oxidation sites excluding steroid dienone is 2. The Morgan fingerprint density at radius 2 is 2.00 bits per heavy atom. The van der Waals surface area contributed by atoms with Gasteiger partial charge in [-0.15, -0.1) is 0 Å². The van der Waals surface area contributed by atoms with Crippen LogP contribution in [0.1, 0.15) is 5.56 Å². The summed E-state index contributed by atoms with van der Waals surface area (Å²) < 4.78 is 5.33. The molecule has 0 saturated heterocycles. The highest BCUT2D eigenvalue weighted by Crippen LogP contribution is 2.17. The van der Waals surface area contributed by atoms with Crippen LogP contribution in [0.4, 0.5) is 0 Å². The lowest BCUT2D eigenvalue weighted by molar-refractivity contribution is -0.136. The molecule has 0 heterocycles. The summed E-state index contributed by atoms with van der Waals surface area (Å²) in [4.78, 5) is 12.0. The maximum Gasteiger partial charge on any atom is 0.348 e. The number of rotatable bonds is 7. The number of hydrogen-bond acceptors (Lipinski definition) is 3. The smallest absolute Gasteiger partial charge is 0.348 e. The third-order valence-electron chi connectivity index (χ3n) is 3.04. The van der Waals surface area contributed by atoms with E-state index in [0.717, 1.165) is 17.2 Å². The van der Waals surface area contributed by atoms with Gasteiger partial charge in [-0.2, -0.15) is 5.26 Å². The van der Waals surface area contributed by atoms with E-state index in [9.17, 15) is 4.79 Å². The van der Waals surface area contributed by atoms with Crippen molar-refractivity contribution in [3.8, 4) is 6.07 Å². The molecule has 0 fully saturated rings. The van der Waals surface area contributed by atoms with Crippen LogP contribution in [-0.2, 0) is 9.53 Å². The van der Waals surface area contributed by atoms with Crippen LogP contribution in [-0.4, -0.2) is 20.3 Å². The highest BCUT2D eigenvalue weighted by atomic mass is 28.3. The van der Waals surface area contributed by atoms with Crippen LogP contribution in [0.3, 0.4) is 0 Å². The minimum Gasteiger partial charge on any atom is -0.465 e. The number of carbonyl (C=O) groups is 1. The second kappa shape index (κ2) is 8.16. The van der Waals surface area contributed by atoms with Crippen LogP contribution < -0.4 is 0 Å². The average molecular weight is 311 g/mol. The molecule has 0 aliphatic heterocycles. The maximum atomic E-state index is 12.0. The predicted octanol–water partition coefficient (Wildman–Crippen LogP) is 4.13. The summed E-state index contributed by atoms with van der Waals surface area (Å²) in [5.41, 5.74) is 1.76. The molecule has 0 aliphatic rings. The highest BCUT2D eigenvalue weighted by molar-refractivity contribution is 6.78. The number of nitriles is 1. The fraction of sp³-hybridized carbons (Fsp3) is 0.222. The van der Waals surface area contributed by atoms with E-state index in [-0.39, 0.29) is 5.57 Å². The Bertz CT molecular complexity index is 624. The fourth-order valence-corrected chi connectivity index (χ4v) is 3.93. The molecule has 0 saturated carbocycles. The zero-order chi connectivity index (χ0) is 16.6. The van der Waals surface area contributed by atoms with E-state index in [2.05, 4.69) is 26.3 Å². The van der Waals surface area contributed by atoms with Crippen molar-refractivity contribution in [1.29, 1.82) is 5.26 Å². The van der Waals surface area contributed by atoms with Crippen molar-refractivity contribution in [3.63, 3.8) is 0 Å². The lowest BCUT2D eigenvalue weighted by Crippen LogP contribution is -2.34. The van der Waals surface area contributed by atoms with Gasteiger partial charge in [-0.3, -0.25) is 0 Å². The monoisotopic (exact) mass is 311 g/mol. The summed E-state index contributed by atoms with van der Waals surface area (Å²) in [7, 11) is -1.75. The average Bonchev–Trinajstić information content (AvgIpc) is 2.50. The van der Waals surface area contributed by atoms with E-state index in [1.165, 1.54) is 0 Å². The quantitative estimate of drug-likeness (QED) is 0.250. The molecule has 0 N–H and O–H groups in total. The van der Waals surface area contributed by atoms with Gasteiger partial charge in [0.15, 0.2) is 0 Å². The molecule has 114 valence electrons. The van der Waals surface area contributed by atoms with Crippen LogP contribution >= 0.6 is 0 Å². The highest BCUT2D eigenvalue weighted by Gasteiger charge is 2.24. The van der Waals surface area contributed by atoms with Crippen molar-refractivity contribution in [2.75, 3.05) is 6.23 Å². The second-order valence-electron chi connectivity index (χ2n) is 5.86. The van der Waals surface area contributed by atoms with E-state index >= 15 is 0 Å². The Hall–Kier alpha value is -2.38. The SMILES string of the molecule is C=CC(=C)C[Si](C)(C)COC(=O)/C(C#N)=C/c1ccccc1. The van der Waals surface area contributed by atoms with Gasteiger partial charge >= 0.3 is 5.97 Å². The summed E-state index contributed by atoms with van der Waals surface area (Å²) in [5, 5.41) is 9.14. The summed E-state index contributed by atoms with van der Waals surface area (Å²) in [5.74, 6) is -0.573. The lowest BCUT2D eigenvalue weighted by atomic mass is 10.1. The van der Waals surface area contributed by atoms with Crippen molar-refractivity contribution in [2.45, 2.75) is 19.1 Å². The van der Waals surface area contributed by atoms with E-state index in [1.807, 2.05) is 36.4 Å². The molecule has 0 unspecified atom stereocenters. The lowest BCUT2D eigenvalue weighted by Gasteiger charge is -2.21. The molecule has 0 spiro atoms. The Labute approximate surface area is 133 Å². The largest absolute Gasteiger partial charge is 0.465 e. The fourth-order valence-electron chi connectivity index (χ4n) is 1.93. The van der Waals surface area contributed by atoms with E-state index in [0.29, 0.717) is 6.23 Å². The van der Waals surface area contributed by atoms with Crippen LogP contribution in [0.15, 0.2) is 60.7 Å². The van der Waals surface area contributed by atoms with Crippen molar-refractivity contribution in [2.24, 2.45) is 0 Å². The Balaban J connectivity index is 2.71. The third-order valence-corrected chi connectivity index (χ3v) is 5.38. The van der Waals surface area contributed by atoms with Gasteiger partial charge in [-0.05, 0) is 17.7 Å². The van der Waals surface area contributed by atoms with Gasteiger partial charge in [0.2, 0.25) is 0 Å². The van der Waals surface area contributed by atoms with Crippen LogP contribution in [0.5, 0.6) is 0 Å². The number of esters is 1. The maximum absolute atomic E-state index is 12.0. The van der Waals surface area contributed by atoms with Gasteiger partial charge in [0, 0.05) is 0 Å². The molecular formula is C18H21NO2Si. The van der Waals surface area contributed by atoms with Crippen LogP contribution in [0.25, 0.3) is 6.08 Å². The minimum atomic E-state index is -1.75. The first-order valence-corrected chi connectivity index (χ1v) is 10.4. The van der Waals surface area contributed by atoms with Crippen LogP contribution in [0, 0.1) is 11.3 Å². The molecule has 3 nitrogen and oxygen atoms in total. The summed E-state index contributed by atoms with van der Waals surface area (Å²) in [6.07, 6.45) is 3.62. The molecule has 1 aromatic rings. The molecule has 22 heavy (non-hydrogen) atoms. The molecule has 0 aromatic heterocycles. The first-order chi connectivity index (χ1) is 10.4. The minimum absolute atomic E-state index is 0.0125. The zero-order valence-corrected chi connectivity index (χ0v) is 14.1. The number of benzene rings is 1. The molecule has 1 aromatic carbocycles. The van der Waals surface area contributed by atoms with Gasteiger partial charge in [0.05, 0.1) is 14.3 Å². The number of nitrogens with zero attached hydrogens (tertiary/aromatic N) is 1. The number of ether oxygens (including phenoxy) is 1. The Kier molecular flexibility index (Phi) is 6.55. The topological polar surface area (TPSA) is 50.1 Å². The predicted molar refractivity (Wildman–Crippen MR) is 92.6 cm³/mol. The van der Waals surface area contributed by atoms with Crippen molar-refractivity contribution in [3.05, 3.63) is 66.3 Å².